The van der Waals surface area contributed by atoms with Crippen LogP contribution in [0.3, 0.4) is 0 Å². The molecule has 10 heteroatoms. The lowest BCUT2D eigenvalue weighted by molar-refractivity contribution is -0.141. The molecule has 0 aliphatic carbocycles. The molecule has 7 nitrogen and oxygen atoms in total. The Morgan fingerprint density at radius 1 is 1.06 bits per heavy atom. The predicted molar refractivity (Wildman–Crippen MR) is 124 cm³/mol. The number of nitrogens with one attached hydrogen (secondary N) is 1. The van der Waals surface area contributed by atoms with Gasteiger partial charge in [-0.2, -0.15) is 18.2 Å². The molecule has 0 fully saturated rings. The van der Waals surface area contributed by atoms with Gasteiger partial charge in [0.2, 0.25) is 11.8 Å². The number of halogens is 3. The highest BCUT2D eigenvalue weighted by Crippen LogP contribution is 2.32. The second-order valence-corrected chi connectivity index (χ2v) is 7.56. The number of hydrogen-bond donors (Lipinski definition) is 1. The van der Waals surface area contributed by atoms with Crippen molar-refractivity contribution in [2.24, 2.45) is 0 Å². The van der Waals surface area contributed by atoms with Crippen LogP contribution in [0.5, 0.6) is 5.88 Å². The third-order valence-corrected chi connectivity index (χ3v) is 4.96. The van der Waals surface area contributed by atoms with E-state index in [9.17, 15) is 18.0 Å². The normalized spacial score (nSPS) is 11.7. The fourth-order valence-corrected chi connectivity index (χ4v) is 3.20. The van der Waals surface area contributed by atoms with Crippen molar-refractivity contribution in [3.05, 3.63) is 82.7 Å². The maximum atomic E-state index is 13.5. The van der Waals surface area contributed by atoms with E-state index >= 15 is 0 Å². The van der Waals surface area contributed by atoms with Gasteiger partial charge in [0.1, 0.15) is 12.2 Å². The number of carbonyl (C=O) groups is 1. The molecule has 0 saturated carbocycles. The molecule has 3 aromatic rings. The van der Waals surface area contributed by atoms with Gasteiger partial charge in [0, 0.05) is 11.8 Å². The first-order valence-corrected chi connectivity index (χ1v) is 10.4. The summed E-state index contributed by atoms with van der Waals surface area (Å²) in [5.41, 5.74) is 2.24. The molecule has 0 atom stereocenters. The molecule has 0 radical (unpaired) electrons. The molecule has 1 N–H and O–H groups in total. The lowest BCUT2D eigenvalue weighted by Crippen LogP contribution is -2.13. The van der Waals surface area contributed by atoms with E-state index in [0.717, 1.165) is 17.2 Å². The van der Waals surface area contributed by atoms with E-state index in [-0.39, 0.29) is 24.0 Å². The number of alkyl halides is 3. The van der Waals surface area contributed by atoms with Crippen LogP contribution in [-0.4, -0.2) is 30.2 Å². The van der Waals surface area contributed by atoms with Crippen LogP contribution in [-0.2, 0) is 27.1 Å². The molecule has 35 heavy (non-hydrogen) atoms. The molecule has 0 aliphatic rings. The van der Waals surface area contributed by atoms with Crippen molar-refractivity contribution in [3.63, 3.8) is 0 Å². The van der Waals surface area contributed by atoms with Gasteiger partial charge in [0.05, 0.1) is 20.5 Å². The molecule has 1 aromatic heterocycles. The Morgan fingerprint density at radius 3 is 2.49 bits per heavy atom. The van der Waals surface area contributed by atoms with Crippen LogP contribution >= 0.6 is 0 Å². The van der Waals surface area contributed by atoms with Gasteiger partial charge in [0.15, 0.2) is 5.69 Å². The molecular weight excluding hydrogens is 463 g/mol. The quantitative estimate of drug-likeness (QED) is 0.252. The zero-order chi connectivity index (χ0) is 25.6. The van der Waals surface area contributed by atoms with Gasteiger partial charge in [-0.1, -0.05) is 36.4 Å². The number of esters is 1. The van der Waals surface area contributed by atoms with E-state index in [1.807, 2.05) is 26.0 Å². The zero-order valence-corrected chi connectivity index (χ0v) is 19.6. The van der Waals surface area contributed by atoms with Crippen molar-refractivity contribution in [1.82, 2.24) is 9.97 Å². The van der Waals surface area contributed by atoms with Crippen molar-refractivity contribution in [2.45, 2.75) is 26.6 Å². The first-order chi connectivity index (χ1) is 16.6. The summed E-state index contributed by atoms with van der Waals surface area (Å²) in [4.78, 5) is 19.9. The van der Waals surface area contributed by atoms with Crippen LogP contribution in [0.15, 0.2) is 54.8 Å². The van der Waals surface area contributed by atoms with E-state index in [1.165, 1.54) is 20.5 Å². The minimum atomic E-state index is -4.71. The van der Waals surface area contributed by atoms with Gasteiger partial charge >= 0.3 is 12.1 Å². The lowest BCUT2D eigenvalue weighted by atomic mass is 10.0. The number of aryl methyl sites for hydroxylation is 2. The van der Waals surface area contributed by atoms with Crippen LogP contribution in [0.2, 0.25) is 0 Å². The third kappa shape index (κ3) is 6.50. The summed E-state index contributed by atoms with van der Waals surface area (Å²) in [7, 11) is 2.61. The van der Waals surface area contributed by atoms with Gasteiger partial charge < -0.3 is 19.5 Å². The second kappa shape index (κ2) is 10.9. The summed E-state index contributed by atoms with van der Waals surface area (Å²) in [6, 6.07) is 13.0. The van der Waals surface area contributed by atoms with E-state index in [2.05, 4.69) is 15.3 Å². The molecule has 0 spiro atoms. The standard InChI is InChI=1S/C25H24F3N3O4/c1-15-9-10-16(2)20(11-15)29-24-30-21(25(26,27)28)12-22(31-24)35-13-17-7-5-6-8-18(17)19(14-33-3)23(32)34-4/h5-12,14H,13H2,1-4H3,(H,29,30,31)/b19-14+. The largest absolute Gasteiger partial charge is 0.503 e. The summed E-state index contributed by atoms with van der Waals surface area (Å²) in [6.07, 6.45) is -3.49. The lowest BCUT2D eigenvalue weighted by Gasteiger charge is -2.15. The number of aromatic nitrogens is 2. The molecule has 2 aromatic carbocycles. The molecule has 0 unspecified atom stereocenters. The first-order valence-electron chi connectivity index (χ1n) is 10.4. The van der Waals surface area contributed by atoms with Crippen molar-refractivity contribution in [1.29, 1.82) is 0 Å². The number of benzene rings is 2. The summed E-state index contributed by atoms with van der Waals surface area (Å²) in [5, 5.41) is 2.84. The van der Waals surface area contributed by atoms with Crippen LogP contribution in [0.4, 0.5) is 24.8 Å². The Labute approximate surface area is 200 Å². The summed E-state index contributed by atoms with van der Waals surface area (Å²) in [6.45, 7) is 3.51. The fourth-order valence-electron chi connectivity index (χ4n) is 3.20. The van der Waals surface area contributed by atoms with Crippen LogP contribution in [0.25, 0.3) is 5.57 Å². The molecule has 1 heterocycles. The Morgan fingerprint density at radius 2 is 1.80 bits per heavy atom. The van der Waals surface area contributed by atoms with Gasteiger partial charge in [-0.3, -0.25) is 0 Å². The fraction of sp³-hybridized carbons (Fsp3) is 0.240. The van der Waals surface area contributed by atoms with Crippen LogP contribution < -0.4 is 10.1 Å². The minimum Gasteiger partial charge on any atom is -0.503 e. The van der Waals surface area contributed by atoms with Crippen molar-refractivity contribution in [2.75, 3.05) is 19.5 Å². The molecule has 184 valence electrons. The van der Waals surface area contributed by atoms with Crippen molar-refractivity contribution < 1.29 is 32.2 Å². The van der Waals surface area contributed by atoms with Crippen molar-refractivity contribution >= 4 is 23.2 Å². The van der Waals surface area contributed by atoms with Crippen LogP contribution in [0, 0.1) is 13.8 Å². The van der Waals surface area contributed by atoms with Crippen LogP contribution in [0.1, 0.15) is 27.9 Å². The first kappa shape index (κ1) is 25.5. The minimum absolute atomic E-state index is 0.130. The van der Waals surface area contributed by atoms with Gasteiger partial charge in [-0.25, -0.2) is 9.78 Å². The Bertz CT molecular complexity index is 1240. The molecule has 0 aliphatic heterocycles. The number of methoxy groups -OCH3 is 2. The summed E-state index contributed by atoms with van der Waals surface area (Å²) < 4.78 is 56.0. The van der Waals surface area contributed by atoms with E-state index in [0.29, 0.717) is 16.8 Å². The molecule has 0 amide bonds. The SMILES string of the molecule is CO/C=C(/C(=O)OC)c1ccccc1COc1cc(C(F)(F)F)nc(Nc2cc(C)ccc2C)n1. The van der Waals surface area contributed by atoms with E-state index in [4.69, 9.17) is 14.2 Å². The van der Waals surface area contributed by atoms with Gasteiger partial charge in [-0.05, 0) is 42.2 Å². The maximum Gasteiger partial charge on any atom is 0.433 e. The maximum absolute atomic E-state index is 13.5. The highest BCUT2D eigenvalue weighted by Gasteiger charge is 2.34. The topological polar surface area (TPSA) is 82.6 Å². The average Bonchev–Trinajstić information content (AvgIpc) is 2.82. The Kier molecular flexibility index (Phi) is 7.95. The highest BCUT2D eigenvalue weighted by atomic mass is 19.4. The molecule has 0 saturated heterocycles. The zero-order valence-electron chi connectivity index (χ0n) is 19.6. The van der Waals surface area contributed by atoms with E-state index in [1.54, 1.807) is 30.3 Å². The summed E-state index contributed by atoms with van der Waals surface area (Å²) in [5.74, 6) is -1.18. The third-order valence-electron chi connectivity index (χ3n) is 4.96. The van der Waals surface area contributed by atoms with Gasteiger partial charge in [-0.15, -0.1) is 0 Å². The summed E-state index contributed by atoms with van der Waals surface area (Å²) >= 11 is 0. The Hall–Kier alpha value is -4.08. The number of hydrogen-bond acceptors (Lipinski definition) is 7. The highest BCUT2D eigenvalue weighted by molar-refractivity contribution is 6.16. The molecular formula is C25H24F3N3O4. The number of nitrogens with zero attached hydrogens (tertiary/aromatic N) is 2. The monoisotopic (exact) mass is 487 g/mol. The Balaban J connectivity index is 1.94. The average molecular weight is 487 g/mol. The smallest absolute Gasteiger partial charge is 0.433 e. The number of anilines is 2. The van der Waals surface area contributed by atoms with E-state index < -0.39 is 17.8 Å². The van der Waals surface area contributed by atoms with Gasteiger partial charge in [0.25, 0.3) is 0 Å². The molecule has 0 bridgehead atoms. The molecule has 3 rings (SSSR count). The van der Waals surface area contributed by atoms with Crippen molar-refractivity contribution in [3.8, 4) is 5.88 Å². The second-order valence-electron chi connectivity index (χ2n) is 7.56. The number of carbonyl (C=O) groups excluding carboxylic acids is 1. The number of rotatable bonds is 8. The predicted octanol–water partition coefficient (Wildman–Crippen LogP) is 5.60. The number of ether oxygens (including phenoxy) is 3.